The van der Waals surface area contributed by atoms with Gasteiger partial charge in [0.25, 0.3) is 0 Å². The number of nitrogens with zero attached hydrogens (tertiary/aromatic N) is 2. The highest BCUT2D eigenvalue weighted by Gasteiger charge is 2.18. The predicted molar refractivity (Wildman–Crippen MR) is 117 cm³/mol. The van der Waals surface area contributed by atoms with Crippen LogP contribution in [0.5, 0.6) is 0 Å². The lowest BCUT2D eigenvalue weighted by molar-refractivity contribution is 0.201. The number of carbonyl (C=O) groups excluding carboxylic acids is 1. The van der Waals surface area contributed by atoms with E-state index in [1.165, 1.54) is 4.90 Å². The third-order valence-corrected chi connectivity index (χ3v) is 4.56. The summed E-state index contributed by atoms with van der Waals surface area (Å²) in [6.07, 6.45) is -2.17. The van der Waals surface area contributed by atoms with Crippen molar-refractivity contribution in [3.8, 4) is 0 Å². The van der Waals surface area contributed by atoms with Crippen molar-refractivity contribution in [3.05, 3.63) is 47.5 Å². The highest BCUT2D eigenvalue weighted by atomic mass is 16.4. The molecule has 0 aromatic heterocycles. The molecule has 2 aromatic rings. The van der Waals surface area contributed by atoms with Crippen molar-refractivity contribution in [1.29, 1.82) is 0 Å². The number of hydrogen-bond acceptors (Lipinski definition) is 3. The third-order valence-electron chi connectivity index (χ3n) is 4.56. The molecule has 4 N–H and O–H groups in total. The molecule has 0 aliphatic heterocycles. The Morgan fingerprint density at radius 2 is 1.40 bits per heavy atom. The summed E-state index contributed by atoms with van der Waals surface area (Å²) in [5.74, 6) is 0. The SMILES string of the molecule is CCN(C(=O)O)c1ccc(NC(=O)Nc2ccc(C)cc2N(CC)C(=O)O)c(C)c1. The van der Waals surface area contributed by atoms with E-state index in [0.717, 1.165) is 10.5 Å². The number of carboxylic acid groups (broad SMARTS) is 2. The molecule has 9 nitrogen and oxygen atoms in total. The molecule has 0 spiro atoms. The van der Waals surface area contributed by atoms with Gasteiger partial charge in [-0.05, 0) is 69.2 Å². The summed E-state index contributed by atoms with van der Waals surface area (Å²) in [4.78, 5) is 37.7. The van der Waals surface area contributed by atoms with Gasteiger partial charge < -0.3 is 20.8 Å². The summed E-state index contributed by atoms with van der Waals surface area (Å²) in [5.41, 5.74) is 3.31. The molecule has 0 aliphatic carbocycles. The molecular formula is C21H26N4O5. The Bertz CT molecular complexity index is 960. The van der Waals surface area contributed by atoms with Crippen molar-refractivity contribution in [3.63, 3.8) is 0 Å². The van der Waals surface area contributed by atoms with E-state index < -0.39 is 18.2 Å². The van der Waals surface area contributed by atoms with E-state index in [4.69, 9.17) is 0 Å². The van der Waals surface area contributed by atoms with Gasteiger partial charge in [0.05, 0.1) is 11.4 Å². The molecule has 0 heterocycles. The number of rotatable bonds is 6. The summed E-state index contributed by atoms with van der Waals surface area (Å²) >= 11 is 0. The minimum absolute atomic E-state index is 0.229. The van der Waals surface area contributed by atoms with Crippen molar-refractivity contribution in [2.24, 2.45) is 0 Å². The molecule has 0 atom stereocenters. The maximum absolute atomic E-state index is 12.5. The van der Waals surface area contributed by atoms with Crippen LogP contribution in [-0.2, 0) is 0 Å². The largest absolute Gasteiger partial charge is 0.465 e. The molecule has 160 valence electrons. The average molecular weight is 414 g/mol. The van der Waals surface area contributed by atoms with Gasteiger partial charge in [-0.2, -0.15) is 0 Å². The molecule has 0 saturated heterocycles. The zero-order chi connectivity index (χ0) is 22.4. The fraction of sp³-hybridized carbons (Fsp3) is 0.286. The Balaban J connectivity index is 2.22. The van der Waals surface area contributed by atoms with Gasteiger partial charge in [0, 0.05) is 24.5 Å². The number of aryl methyl sites for hydroxylation is 2. The zero-order valence-electron chi connectivity index (χ0n) is 17.4. The fourth-order valence-corrected chi connectivity index (χ4v) is 3.04. The van der Waals surface area contributed by atoms with E-state index in [1.807, 2.05) is 6.92 Å². The molecule has 0 radical (unpaired) electrons. The van der Waals surface area contributed by atoms with Crippen LogP contribution in [-0.4, -0.2) is 41.5 Å². The molecule has 0 fully saturated rings. The van der Waals surface area contributed by atoms with Gasteiger partial charge >= 0.3 is 18.2 Å². The molecule has 0 unspecified atom stereocenters. The van der Waals surface area contributed by atoms with Crippen molar-refractivity contribution >= 4 is 41.0 Å². The number of amides is 4. The van der Waals surface area contributed by atoms with E-state index in [1.54, 1.807) is 57.2 Å². The molecule has 2 rings (SSSR count). The average Bonchev–Trinajstić information content (AvgIpc) is 2.66. The summed E-state index contributed by atoms with van der Waals surface area (Å²) in [7, 11) is 0. The number of hydrogen-bond donors (Lipinski definition) is 4. The van der Waals surface area contributed by atoms with Gasteiger partial charge in [-0.25, -0.2) is 14.4 Å². The number of nitrogens with one attached hydrogen (secondary N) is 2. The Morgan fingerprint density at radius 1 is 0.833 bits per heavy atom. The predicted octanol–water partition coefficient (Wildman–Crippen LogP) is 4.96. The minimum Gasteiger partial charge on any atom is -0.465 e. The van der Waals surface area contributed by atoms with E-state index in [-0.39, 0.29) is 6.54 Å². The van der Waals surface area contributed by atoms with Gasteiger partial charge in [0.2, 0.25) is 0 Å². The maximum atomic E-state index is 12.5. The van der Waals surface area contributed by atoms with Crippen LogP contribution in [0.15, 0.2) is 36.4 Å². The van der Waals surface area contributed by atoms with Crippen LogP contribution in [0, 0.1) is 13.8 Å². The smallest absolute Gasteiger partial charge is 0.411 e. The lowest BCUT2D eigenvalue weighted by atomic mass is 10.1. The summed E-state index contributed by atoms with van der Waals surface area (Å²) in [6, 6.07) is 9.50. The van der Waals surface area contributed by atoms with Crippen LogP contribution in [0.1, 0.15) is 25.0 Å². The first-order valence-electron chi connectivity index (χ1n) is 9.48. The van der Waals surface area contributed by atoms with E-state index >= 15 is 0 Å². The number of carbonyl (C=O) groups is 3. The lowest BCUT2D eigenvalue weighted by Gasteiger charge is -2.22. The number of urea groups is 1. The molecule has 0 saturated carbocycles. The Kier molecular flexibility index (Phi) is 7.24. The Morgan fingerprint density at radius 3 is 1.93 bits per heavy atom. The van der Waals surface area contributed by atoms with Crippen molar-refractivity contribution in [2.75, 3.05) is 33.5 Å². The second-order valence-electron chi connectivity index (χ2n) is 6.65. The summed E-state index contributed by atoms with van der Waals surface area (Å²) in [5, 5.41) is 24.1. The van der Waals surface area contributed by atoms with Gasteiger partial charge in [0.1, 0.15) is 0 Å². The van der Waals surface area contributed by atoms with Crippen molar-refractivity contribution in [2.45, 2.75) is 27.7 Å². The quantitative estimate of drug-likeness (QED) is 0.532. The minimum atomic E-state index is -1.11. The van der Waals surface area contributed by atoms with Crippen LogP contribution in [0.3, 0.4) is 0 Å². The van der Waals surface area contributed by atoms with E-state index in [2.05, 4.69) is 10.6 Å². The fourth-order valence-electron chi connectivity index (χ4n) is 3.04. The van der Waals surface area contributed by atoms with E-state index in [0.29, 0.717) is 34.9 Å². The molecular weight excluding hydrogens is 388 g/mol. The number of benzene rings is 2. The Hall–Kier alpha value is -3.75. The van der Waals surface area contributed by atoms with E-state index in [9.17, 15) is 24.6 Å². The first-order valence-corrected chi connectivity index (χ1v) is 9.48. The van der Waals surface area contributed by atoms with Crippen LogP contribution in [0.2, 0.25) is 0 Å². The summed E-state index contributed by atoms with van der Waals surface area (Å²) < 4.78 is 0. The molecule has 30 heavy (non-hydrogen) atoms. The normalized spacial score (nSPS) is 10.3. The first-order chi connectivity index (χ1) is 14.2. The van der Waals surface area contributed by atoms with Crippen molar-refractivity contribution < 1.29 is 24.6 Å². The number of anilines is 4. The van der Waals surface area contributed by atoms with Gasteiger partial charge in [-0.15, -0.1) is 0 Å². The first kappa shape index (κ1) is 22.5. The zero-order valence-corrected chi connectivity index (χ0v) is 17.4. The van der Waals surface area contributed by atoms with Gasteiger partial charge in [-0.3, -0.25) is 9.80 Å². The highest BCUT2D eigenvalue weighted by molar-refractivity contribution is 6.04. The van der Waals surface area contributed by atoms with Crippen LogP contribution < -0.4 is 20.4 Å². The maximum Gasteiger partial charge on any atom is 0.411 e. The second-order valence-corrected chi connectivity index (χ2v) is 6.65. The van der Waals surface area contributed by atoms with Crippen LogP contribution in [0.25, 0.3) is 0 Å². The molecule has 0 bridgehead atoms. The van der Waals surface area contributed by atoms with Crippen LogP contribution in [0.4, 0.5) is 37.1 Å². The molecule has 4 amide bonds. The van der Waals surface area contributed by atoms with Crippen LogP contribution >= 0.6 is 0 Å². The molecule has 0 aliphatic rings. The highest BCUT2D eigenvalue weighted by Crippen LogP contribution is 2.28. The monoisotopic (exact) mass is 414 g/mol. The van der Waals surface area contributed by atoms with Crippen molar-refractivity contribution in [1.82, 2.24) is 0 Å². The Labute approximate surface area is 174 Å². The molecule has 2 aromatic carbocycles. The summed E-state index contributed by atoms with van der Waals surface area (Å²) in [6.45, 7) is 7.57. The standard InChI is InChI=1S/C21H26N4O5/c1-5-24(20(27)28)15-8-10-16(14(4)12-15)22-19(26)23-17-9-7-13(3)11-18(17)25(6-2)21(29)30/h7-12H,5-6H2,1-4H3,(H,27,28)(H,29,30)(H2,22,23,26). The van der Waals surface area contributed by atoms with Gasteiger partial charge in [0.15, 0.2) is 0 Å². The molecule has 9 heteroatoms. The second kappa shape index (κ2) is 9.64. The topological polar surface area (TPSA) is 122 Å². The third kappa shape index (κ3) is 5.19. The lowest BCUT2D eigenvalue weighted by Crippen LogP contribution is -2.30. The van der Waals surface area contributed by atoms with Gasteiger partial charge in [-0.1, -0.05) is 6.07 Å².